The van der Waals surface area contributed by atoms with E-state index in [9.17, 15) is 14.3 Å². The molecule has 6 nitrogen and oxygen atoms in total. The highest BCUT2D eigenvalue weighted by molar-refractivity contribution is 5.99. The van der Waals surface area contributed by atoms with Gasteiger partial charge in [-0.25, -0.2) is 9.18 Å². The molecule has 1 aromatic heterocycles. The highest BCUT2D eigenvalue weighted by Gasteiger charge is 2.31. The molecule has 3 heterocycles. The number of aromatic nitrogens is 1. The number of carboxylic acid groups (broad SMARTS) is 1. The van der Waals surface area contributed by atoms with Crippen LogP contribution >= 0.6 is 0 Å². The van der Waals surface area contributed by atoms with Crippen LogP contribution < -0.4 is 4.90 Å². The molecule has 2 aromatic carbocycles. The fourth-order valence-electron chi connectivity index (χ4n) is 6.66. The lowest BCUT2D eigenvalue weighted by atomic mass is 9.81. The minimum absolute atomic E-state index is 0. The second-order valence-corrected chi connectivity index (χ2v) is 10.7. The molecule has 1 saturated carbocycles. The van der Waals surface area contributed by atoms with E-state index < -0.39 is 5.97 Å². The number of halogens is 1. The van der Waals surface area contributed by atoms with E-state index in [1.54, 1.807) is 18.2 Å². The number of carboxylic acids is 1. The van der Waals surface area contributed by atoms with Crippen LogP contribution in [0.15, 0.2) is 36.4 Å². The molecule has 38 heavy (non-hydrogen) atoms. The minimum atomic E-state index is -0.907. The molecule has 1 aliphatic carbocycles. The topological polar surface area (TPSA) is 57.9 Å². The zero-order chi connectivity index (χ0) is 25.4. The molecule has 0 spiro atoms. The second kappa shape index (κ2) is 11.5. The predicted molar refractivity (Wildman–Crippen MR) is 151 cm³/mol. The number of fused-ring (bicyclic) bond motifs is 5. The standard InChI is InChI=1S/C30H36FN3O3.CH4/c31-23-8-10-25-26(20-23)33(13-12-32-11-4-17-37-18-16-32)14-15-34-27-19-22(30(35)36)7-9-24(27)28(29(25)34)21-5-2-1-3-6-21;/h7-10,19-21H,1-6,11-18H2,(H,35,36);1H4. The number of hydrogen-bond acceptors (Lipinski definition) is 4. The van der Waals surface area contributed by atoms with Crippen molar-refractivity contribution in [3.63, 3.8) is 0 Å². The van der Waals surface area contributed by atoms with Gasteiger partial charge in [-0.1, -0.05) is 32.8 Å². The van der Waals surface area contributed by atoms with E-state index >= 15 is 0 Å². The van der Waals surface area contributed by atoms with Gasteiger partial charge in [0.2, 0.25) is 0 Å². The number of benzene rings is 2. The van der Waals surface area contributed by atoms with E-state index in [0.717, 1.165) is 99.6 Å². The third-order valence-electron chi connectivity index (χ3n) is 8.51. The smallest absolute Gasteiger partial charge is 0.335 e. The third kappa shape index (κ3) is 5.06. The Hall–Kier alpha value is -2.90. The highest BCUT2D eigenvalue weighted by atomic mass is 19.1. The first-order valence-corrected chi connectivity index (χ1v) is 13.8. The fraction of sp³-hybridized carbons (Fsp3) is 0.516. The molecule has 3 aliphatic rings. The predicted octanol–water partition coefficient (Wildman–Crippen LogP) is 6.37. The maximum absolute atomic E-state index is 14.7. The first-order chi connectivity index (χ1) is 18.1. The van der Waals surface area contributed by atoms with Crippen LogP contribution in [0.3, 0.4) is 0 Å². The molecule has 0 bridgehead atoms. The molecule has 2 aliphatic heterocycles. The van der Waals surface area contributed by atoms with Crippen LogP contribution in [0.1, 0.15) is 67.8 Å². The number of ether oxygens (including phenoxy) is 1. The van der Waals surface area contributed by atoms with Crippen molar-refractivity contribution in [3.05, 3.63) is 53.3 Å². The van der Waals surface area contributed by atoms with Crippen molar-refractivity contribution in [2.45, 2.75) is 58.4 Å². The van der Waals surface area contributed by atoms with Crippen molar-refractivity contribution in [2.75, 3.05) is 50.8 Å². The summed E-state index contributed by atoms with van der Waals surface area (Å²) in [5.41, 5.74) is 5.79. The van der Waals surface area contributed by atoms with Crippen LogP contribution in [0, 0.1) is 5.82 Å². The molecule has 1 saturated heterocycles. The van der Waals surface area contributed by atoms with Crippen molar-refractivity contribution in [3.8, 4) is 11.3 Å². The molecular weight excluding hydrogens is 481 g/mol. The second-order valence-electron chi connectivity index (χ2n) is 10.7. The zero-order valence-corrected chi connectivity index (χ0v) is 21.4. The third-order valence-corrected chi connectivity index (χ3v) is 8.51. The summed E-state index contributed by atoms with van der Waals surface area (Å²) in [7, 11) is 0. The van der Waals surface area contributed by atoms with E-state index in [4.69, 9.17) is 4.74 Å². The van der Waals surface area contributed by atoms with Gasteiger partial charge in [-0.3, -0.25) is 4.90 Å². The number of anilines is 1. The number of nitrogens with zero attached hydrogens (tertiary/aromatic N) is 3. The molecule has 204 valence electrons. The Bertz CT molecular complexity index is 1290. The van der Waals surface area contributed by atoms with Gasteiger partial charge >= 0.3 is 5.97 Å². The molecule has 7 heteroatoms. The summed E-state index contributed by atoms with van der Waals surface area (Å²) >= 11 is 0. The lowest BCUT2D eigenvalue weighted by molar-refractivity contribution is 0.0697. The van der Waals surface area contributed by atoms with Crippen molar-refractivity contribution in [1.29, 1.82) is 0 Å². The fourth-order valence-corrected chi connectivity index (χ4v) is 6.66. The SMILES string of the molecule is C.O=C(O)c1ccc2c(C3CCCCC3)c3n(c2c1)CCN(CCN1CCCOCC1)c1cc(F)ccc1-3. The van der Waals surface area contributed by atoms with Crippen molar-refractivity contribution in [2.24, 2.45) is 0 Å². The normalized spacial score (nSPS) is 18.8. The molecule has 1 N–H and O–H groups in total. The Morgan fingerprint density at radius 3 is 2.61 bits per heavy atom. The van der Waals surface area contributed by atoms with Gasteiger partial charge in [0.1, 0.15) is 5.82 Å². The molecule has 0 radical (unpaired) electrons. The molecule has 2 fully saturated rings. The van der Waals surface area contributed by atoms with E-state index in [0.29, 0.717) is 11.5 Å². The molecule has 0 amide bonds. The summed E-state index contributed by atoms with van der Waals surface area (Å²) in [6.45, 7) is 6.75. The lowest BCUT2D eigenvalue weighted by Crippen LogP contribution is -2.37. The van der Waals surface area contributed by atoms with Crippen LogP contribution in [-0.2, 0) is 11.3 Å². The van der Waals surface area contributed by atoms with Crippen molar-refractivity contribution >= 4 is 22.6 Å². The minimum Gasteiger partial charge on any atom is -0.478 e. The van der Waals surface area contributed by atoms with Gasteiger partial charge in [-0.15, -0.1) is 0 Å². The van der Waals surface area contributed by atoms with Crippen LogP contribution in [0.25, 0.3) is 22.2 Å². The highest BCUT2D eigenvalue weighted by Crippen LogP contribution is 2.47. The molecule has 3 aromatic rings. The quantitative estimate of drug-likeness (QED) is 0.423. The number of carbonyl (C=O) groups is 1. The first-order valence-electron chi connectivity index (χ1n) is 13.8. The zero-order valence-electron chi connectivity index (χ0n) is 21.4. The van der Waals surface area contributed by atoms with Crippen LogP contribution in [0.5, 0.6) is 0 Å². The van der Waals surface area contributed by atoms with Gasteiger partial charge < -0.3 is 19.3 Å². The van der Waals surface area contributed by atoms with Crippen LogP contribution in [0.4, 0.5) is 10.1 Å². The van der Waals surface area contributed by atoms with E-state index in [1.165, 1.54) is 24.8 Å². The van der Waals surface area contributed by atoms with Crippen LogP contribution in [0.2, 0.25) is 0 Å². The maximum Gasteiger partial charge on any atom is 0.335 e. The Morgan fingerprint density at radius 2 is 1.79 bits per heavy atom. The molecule has 0 unspecified atom stereocenters. The van der Waals surface area contributed by atoms with Gasteiger partial charge in [0.05, 0.1) is 17.9 Å². The van der Waals surface area contributed by atoms with E-state index in [2.05, 4.69) is 14.4 Å². The number of aromatic carboxylic acids is 1. The van der Waals surface area contributed by atoms with E-state index in [-0.39, 0.29) is 13.2 Å². The largest absolute Gasteiger partial charge is 0.478 e. The molecular formula is C31H40FN3O3. The Labute approximate surface area is 225 Å². The van der Waals surface area contributed by atoms with Crippen molar-refractivity contribution in [1.82, 2.24) is 9.47 Å². The van der Waals surface area contributed by atoms with Gasteiger partial charge in [0.15, 0.2) is 0 Å². The lowest BCUT2D eigenvalue weighted by Gasteiger charge is -2.29. The Kier molecular flexibility index (Phi) is 8.05. The average Bonchev–Trinajstić information content (AvgIpc) is 3.05. The summed E-state index contributed by atoms with van der Waals surface area (Å²) in [6.07, 6.45) is 7.02. The molecule has 0 atom stereocenters. The van der Waals surface area contributed by atoms with Gasteiger partial charge in [0.25, 0.3) is 0 Å². The van der Waals surface area contributed by atoms with Crippen LogP contribution in [-0.4, -0.2) is 66.5 Å². The monoisotopic (exact) mass is 521 g/mol. The van der Waals surface area contributed by atoms with Crippen molar-refractivity contribution < 1.29 is 19.0 Å². The maximum atomic E-state index is 14.7. The van der Waals surface area contributed by atoms with Gasteiger partial charge in [-0.05, 0) is 61.1 Å². The number of rotatable bonds is 5. The summed E-state index contributed by atoms with van der Waals surface area (Å²) < 4.78 is 22.7. The summed E-state index contributed by atoms with van der Waals surface area (Å²) in [5, 5.41) is 10.9. The van der Waals surface area contributed by atoms with Gasteiger partial charge in [0, 0.05) is 68.0 Å². The Balaban J connectivity index is 0.00000294. The summed E-state index contributed by atoms with van der Waals surface area (Å²) in [5.74, 6) is -0.690. The van der Waals surface area contributed by atoms with Gasteiger partial charge in [-0.2, -0.15) is 0 Å². The molecule has 6 rings (SSSR count). The summed E-state index contributed by atoms with van der Waals surface area (Å²) in [6, 6.07) is 10.8. The number of hydrogen-bond donors (Lipinski definition) is 1. The first kappa shape index (κ1) is 26.7. The average molecular weight is 522 g/mol. The van der Waals surface area contributed by atoms with E-state index in [1.807, 2.05) is 18.2 Å². The summed E-state index contributed by atoms with van der Waals surface area (Å²) in [4.78, 5) is 16.6. The Morgan fingerprint density at radius 1 is 0.947 bits per heavy atom.